The van der Waals surface area contributed by atoms with Crippen LogP contribution in [0.1, 0.15) is 21.6 Å². The topological polar surface area (TPSA) is 55.0 Å². The molecule has 0 saturated heterocycles. The summed E-state index contributed by atoms with van der Waals surface area (Å²) in [5.74, 6) is -0.370. The van der Waals surface area contributed by atoms with Crippen LogP contribution in [0.25, 0.3) is 0 Å². The smallest absolute Gasteiger partial charge is 0.355 e. The second-order valence-electron chi connectivity index (χ2n) is 3.89. The Hall–Kier alpha value is -2.54. The molecule has 0 bridgehead atoms. The standard InChI is InChI=1S/C14H12N2O2/c1-16-7-3-6-13(16)14(17)18-10-12-5-2-4-11(8-12)9-15/h2-8H,10H2,1H3. The molecule has 1 aromatic heterocycles. The van der Waals surface area contributed by atoms with E-state index >= 15 is 0 Å². The van der Waals surface area contributed by atoms with E-state index in [9.17, 15) is 4.79 Å². The predicted octanol–water partition coefficient (Wildman–Crippen LogP) is 2.25. The van der Waals surface area contributed by atoms with Gasteiger partial charge in [-0.15, -0.1) is 0 Å². The van der Waals surface area contributed by atoms with E-state index in [0.717, 1.165) is 5.56 Å². The Bertz CT molecular complexity index is 608. The molecule has 0 fully saturated rings. The van der Waals surface area contributed by atoms with Crippen molar-refractivity contribution in [3.63, 3.8) is 0 Å². The molecule has 0 N–H and O–H groups in total. The van der Waals surface area contributed by atoms with Crippen molar-refractivity contribution in [3.05, 3.63) is 59.4 Å². The van der Waals surface area contributed by atoms with Gasteiger partial charge in [0.1, 0.15) is 12.3 Å². The molecular weight excluding hydrogens is 228 g/mol. The number of carbonyl (C=O) groups is 1. The molecule has 0 aliphatic rings. The molecular formula is C14H12N2O2. The molecule has 0 unspecified atom stereocenters. The van der Waals surface area contributed by atoms with Crippen LogP contribution >= 0.6 is 0 Å². The van der Waals surface area contributed by atoms with Crippen molar-refractivity contribution in [1.29, 1.82) is 5.26 Å². The molecule has 0 saturated carbocycles. The number of hydrogen-bond donors (Lipinski definition) is 0. The largest absolute Gasteiger partial charge is 0.456 e. The van der Waals surface area contributed by atoms with E-state index in [1.165, 1.54) is 0 Å². The van der Waals surface area contributed by atoms with Crippen molar-refractivity contribution < 1.29 is 9.53 Å². The maximum Gasteiger partial charge on any atom is 0.355 e. The minimum absolute atomic E-state index is 0.166. The molecule has 0 spiro atoms. The van der Waals surface area contributed by atoms with Gasteiger partial charge in [0.05, 0.1) is 11.6 Å². The zero-order valence-electron chi connectivity index (χ0n) is 9.96. The first kappa shape index (κ1) is 11.9. The number of aromatic nitrogens is 1. The van der Waals surface area contributed by atoms with Gasteiger partial charge in [-0.3, -0.25) is 0 Å². The molecule has 1 heterocycles. The molecule has 0 radical (unpaired) electrons. The Balaban J connectivity index is 2.02. The van der Waals surface area contributed by atoms with Gasteiger partial charge in [0, 0.05) is 13.2 Å². The lowest BCUT2D eigenvalue weighted by atomic mass is 10.1. The zero-order valence-corrected chi connectivity index (χ0v) is 9.96. The van der Waals surface area contributed by atoms with Gasteiger partial charge in [-0.1, -0.05) is 12.1 Å². The van der Waals surface area contributed by atoms with Crippen LogP contribution in [0.4, 0.5) is 0 Å². The highest BCUT2D eigenvalue weighted by Crippen LogP contribution is 2.08. The lowest BCUT2D eigenvalue weighted by molar-refractivity contribution is 0.0461. The maximum atomic E-state index is 11.7. The number of esters is 1. The average molecular weight is 240 g/mol. The Morgan fingerprint density at radius 3 is 2.89 bits per heavy atom. The Labute approximate surface area is 105 Å². The van der Waals surface area contributed by atoms with Crippen molar-refractivity contribution >= 4 is 5.97 Å². The molecule has 90 valence electrons. The number of rotatable bonds is 3. The molecule has 1 aromatic carbocycles. The van der Waals surface area contributed by atoms with E-state index in [1.54, 1.807) is 48.1 Å². The van der Waals surface area contributed by atoms with E-state index in [0.29, 0.717) is 11.3 Å². The highest BCUT2D eigenvalue weighted by Gasteiger charge is 2.10. The average Bonchev–Trinajstić information content (AvgIpc) is 2.82. The van der Waals surface area contributed by atoms with Crippen molar-refractivity contribution in [3.8, 4) is 6.07 Å². The highest BCUT2D eigenvalue weighted by atomic mass is 16.5. The summed E-state index contributed by atoms with van der Waals surface area (Å²) in [5.41, 5.74) is 1.87. The first-order valence-electron chi connectivity index (χ1n) is 5.48. The quantitative estimate of drug-likeness (QED) is 0.773. The van der Waals surface area contributed by atoms with Crippen LogP contribution in [0.3, 0.4) is 0 Å². The molecule has 4 nitrogen and oxygen atoms in total. The van der Waals surface area contributed by atoms with Gasteiger partial charge in [0.2, 0.25) is 0 Å². The summed E-state index contributed by atoms with van der Waals surface area (Å²) in [7, 11) is 1.78. The second-order valence-corrected chi connectivity index (χ2v) is 3.89. The van der Waals surface area contributed by atoms with Crippen LogP contribution in [0, 0.1) is 11.3 Å². The summed E-state index contributed by atoms with van der Waals surface area (Å²) in [4.78, 5) is 11.7. The number of nitrogens with zero attached hydrogens (tertiary/aromatic N) is 2. The number of hydrogen-bond acceptors (Lipinski definition) is 3. The van der Waals surface area contributed by atoms with Crippen LogP contribution in [0.15, 0.2) is 42.6 Å². The third kappa shape index (κ3) is 2.58. The normalized spacial score (nSPS) is 9.78. The minimum atomic E-state index is -0.370. The number of benzene rings is 1. The summed E-state index contributed by atoms with van der Waals surface area (Å²) in [6, 6.07) is 12.5. The van der Waals surface area contributed by atoms with Crippen molar-refractivity contribution in [2.75, 3.05) is 0 Å². The minimum Gasteiger partial charge on any atom is -0.456 e. The van der Waals surface area contributed by atoms with E-state index in [4.69, 9.17) is 10.00 Å². The molecule has 4 heteroatoms. The summed E-state index contributed by atoms with van der Waals surface area (Å²) in [6.07, 6.45) is 1.78. The lowest BCUT2D eigenvalue weighted by Crippen LogP contribution is -2.09. The maximum absolute atomic E-state index is 11.7. The number of nitriles is 1. The van der Waals surface area contributed by atoms with E-state index in [-0.39, 0.29) is 12.6 Å². The third-order valence-electron chi connectivity index (χ3n) is 2.58. The van der Waals surface area contributed by atoms with Crippen LogP contribution in [-0.4, -0.2) is 10.5 Å². The van der Waals surface area contributed by atoms with E-state index in [2.05, 4.69) is 0 Å². The van der Waals surface area contributed by atoms with Gasteiger partial charge in [0.15, 0.2) is 0 Å². The number of ether oxygens (including phenoxy) is 1. The van der Waals surface area contributed by atoms with E-state index in [1.807, 2.05) is 12.1 Å². The summed E-state index contributed by atoms with van der Waals surface area (Å²) in [6.45, 7) is 0.166. The molecule has 0 atom stereocenters. The van der Waals surface area contributed by atoms with Crippen LogP contribution in [-0.2, 0) is 18.4 Å². The Morgan fingerprint density at radius 2 is 2.22 bits per heavy atom. The first-order chi connectivity index (χ1) is 8.70. The SMILES string of the molecule is Cn1cccc1C(=O)OCc1cccc(C#N)c1. The number of aryl methyl sites for hydroxylation is 1. The number of carbonyl (C=O) groups excluding carboxylic acids is 1. The van der Waals surface area contributed by atoms with Crippen molar-refractivity contribution in [2.45, 2.75) is 6.61 Å². The monoisotopic (exact) mass is 240 g/mol. The van der Waals surface area contributed by atoms with E-state index < -0.39 is 0 Å². The fourth-order valence-electron chi connectivity index (χ4n) is 1.63. The summed E-state index contributed by atoms with van der Waals surface area (Å²) < 4.78 is 6.89. The Morgan fingerprint density at radius 1 is 1.39 bits per heavy atom. The Kier molecular flexibility index (Phi) is 3.44. The predicted molar refractivity (Wildman–Crippen MR) is 65.7 cm³/mol. The van der Waals surface area contributed by atoms with Crippen molar-refractivity contribution in [2.24, 2.45) is 7.05 Å². The first-order valence-corrected chi connectivity index (χ1v) is 5.48. The van der Waals surface area contributed by atoms with Crippen LogP contribution in [0.5, 0.6) is 0 Å². The molecule has 0 aliphatic carbocycles. The van der Waals surface area contributed by atoms with Crippen molar-refractivity contribution in [1.82, 2.24) is 4.57 Å². The molecule has 2 aromatic rings. The van der Waals surface area contributed by atoms with Gasteiger partial charge >= 0.3 is 5.97 Å². The molecule has 2 rings (SSSR count). The molecule has 0 aliphatic heterocycles. The highest BCUT2D eigenvalue weighted by molar-refractivity contribution is 5.87. The van der Waals surface area contributed by atoms with Gasteiger partial charge in [-0.2, -0.15) is 5.26 Å². The zero-order chi connectivity index (χ0) is 13.0. The molecule has 18 heavy (non-hydrogen) atoms. The lowest BCUT2D eigenvalue weighted by Gasteiger charge is -2.05. The summed E-state index contributed by atoms with van der Waals surface area (Å²) >= 11 is 0. The van der Waals surface area contributed by atoms with Gasteiger partial charge in [-0.05, 0) is 29.8 Å². The summed E-state index contributed by atoms with van der Waals surface area (Å²) in [5, 5.41) is 8.76. The van der Waals surface area contributed by atoms with Gasteiger partial charge in [0.25, 0.3) is 0 Å². The van der Waals surface area contributed by atoms with Gasteiger partial charge < -0.3 is 9.30 Å². The fraction of sp³-hybridized carbons (Fsp3) is 0.143. The van der Waals surface area contributed by atoms with Gasteiger partial charge in [-0.25, -0.2) is 4.79 Å². The fourth-order valence-corrected chi connectivity index (χ4v) is 1.63. The third-order valence-corrected chi connectivity index (χ3v) is 2.58. The molecule has 0 amide bonds. The second kappa shape index (κ2) is 5.19. The van der Waals surface area contributed by atoms with Crippen LogP contribution in [0.2, 0.25) is 0 Å². The van der Waals surface area contributed by atoms with Crippen LogP contribution < -0.4 is 0 Å².